The number of likely N-dealkylation sites (tertiary alicyclic amines) is 1. The highest BCUT2D eigenvalue weighted by Gasteiger charge is 2.44. The van der Waals surface area contributed by atoms with E-state index in [0.29, 0.717) is 36.4 Å². The first-order chi connectivity index (χ1) is 13.9. The van der Waals surface area contributed by atoms with Crippen LogP contribution in [0.2, 0.25) is 0 Å². The molecule has 2 saturated carbocycles. The highest BCUT2D eigenvalue weighted by atomic mass is 19.1. The summed E-state index contributed by atoms with van der Waals surface area (Å²) in [6.07, 6.45) is 4.01. The van der Waals surface area contributed by atoms with Crippen LogP contribution in [0.4, 0.5) is 8.78 Å². The van der Waals surface area contributed by atoms with E-state index >= 15 is 0 Å². The second-order valence-corrected chi connectivity index (χ2v) is 8.87. The maximum Gasteiger partial charge on any atom is 0.227 e. The number of benzene rings is 1. The molecule has 0 aromatic heterocycles. The first kappa shape index (κ1) is 20.3. The van der Waals surface area contributed by atoms with Gasteiger partial charge in [0.05, 0.1) is 18.6 Å². The summed E-state index contributed by atoms with van der Waals surface area (Å²) in [5.41, 5.74) is 0.351. The number of nitrogens with one attached hydrogen (secondary N) is 1. The molecule has 2 amide bonds. The van der Waals surface area contributed by atoms with Gasteiger partial charge in [0.1, 0.15) is 11.6 Å². The van der Waals surface area contributed by atoms with Crippen molar-refractivity contribution in [1.29, 1.82) is 0 Å². The van der Waals surface area contributed by atoms with Crippen molar-refractivity contribution in [2.24, 2.45) is 17.8 Å². The molecule has 1 aliphatic heterocycles. The van der Waals surface area contributed by atoms with Gasteiger partial charge in [0.15, 0.2) is 0 Å². The highest BCUT2D eigenvalue weighted by Crippen LogP contribution is 2.39. The summed E-state index contributed by atoms with van der Waals surface area (Å²) in [5, 5.41) is 3.03. The van der Waals surface area contributed by atoms with Gasteiger partial charge in [0.2, 0.25) is 11.8 Å². The van der Waals surface area contributed by atoms with Crippen LogP contribution in [0, 0.1) is 29.4 Å². The molecule has 158 valence electrons. The van der Waals surface area contributed by atoms with Crippen molar-refractivity contribution >= 4 is 11.8 Å². The number of rotatable bonds is 6. The predicted molar refractivity (Wildman–Crippen MR) is 103 cm³/mol. The fraction of sp³-hybridized carbons (Fsp3) is 0.636. The van der Waals surface area contributed by atoms with Crippen LogP contribution in [0.1, 0.15) is 38.2 Å². The van der Waals surface area contributed by atoms with Gasteiger partial charge in [-0.3, -0.25) is 9.59 Å². The lowest BCUT2D eigenvalue weighted by Crippen LogP contribution is -2.50. The molecule has 0 spiro atoms. The zero-order chi connectivity index (χ0) is 20.5. The second-order valence-electron chi connectivity index (χ2n) is 8.87. The molecule has 3 aliphatic rings. The average Bonchev–Trinajstić information content (AvgIpc) is 3.36. The lowest BCUT2D eigenvalue weighted by Gasteiger charge is -2.38. The SMILES string of the molecule is CC(=O)N[C@@H]1C[C@@H]2CN(C(=O)Cc3cc(F)cc(F)c3)C[C@@H]2C[C@H]1OCC1CC1. The van der Waals surface area contributed by atoms with Gasteiger partial charge in [-0.15, -0.1) is 0 Å². The summed E-state index contributed by atoms with van der Waals surface area (Å²) < 4.78 is 33.0. The molecular formula is C22H28F2N2O3. The standard InChI is InChI=1S/C22H28F2N2O3/c1-13(27)25-20-7-16-10-26(11-17(16)8-21(20)29-12-14-2-3-14)22(28)6-15-4-18(23)9-19(24)5-15/h4-5,9,14,16-17,20-21H,2-3,6-8,10-12H2,1H3,(H,25,27)/t16-,17+,20-,21-/m1/s1. The molecule has 1 aromatic carbocycles. The number of ether oxygens (including phenoxy) is 1. The number of amides is 2. The van der Waals surface area contributed by atoms with Crippen molar-refractivity contribution in [3.05, 3.63) is 35.4 Å². The van der Waals surface area contributed by atoms with Crippen molar-refractivity contribution < 1.29 is 23.1 Å². The van der Waals surface area contributed by atoms with E-state index < -0.39 is 11.6 Å². The Hall–Kier alpha value is -2.02. The molecule has 0 radical (unpaired) electrons. The average molecular weight is 406 g/mol. The quantitative estimate of drug-likeness (QED) is 0.790. The summed E-state index contributed by atoms with van der Waals surface area (Å²) in [7, 11) is 0. The summed E-state index contributed by atoms with van der Waals surface area (Å²) in [4.78, 5) is 26.2. The van der Waals surface area contributed by atoms with E-state index in [2.05, 4.69) is 5.32 Å². The van der Waals surface area contributed by atoms with Crippen molar-refractivity contribution in [3.63, 3.8) is 0 Å². The molecule has 1 N–H and O–H groups in total. The maximum atomic E-state index is 13.4. The summed E-state index contributed by atoms with van der Waals surface area (Å²) >= 11 is 0. The van der Waals surface area contributed by atoms with Crippen LogP contribution in [-0.4, -0.2) is 48.6 Å². The van der Waals surface area contributed by atoms with Crippen LogP contribution in [-0.2, 0) is 20.7 Å². The van der Waals surface area contributed by atoms with E-state index in [4.69, 9.17) is 4.74 Å². The van der Waals surface area contributed by atoms with E-state index in [1.165, 1.54) is 31.9 Å². The molecular weight excluding hydrogens is 378 g/mol. The third-order valence-electron chi connectivity index (χ3n) is 6.38. The number of hydrogen-bond donors (Lipinski definition) is 1. The van der Waals surface area contributed by atoms with E-state index in [1.807, 2.05) is 0 Å². The van der Waals surface area contributed by atoms with Gasteiger partial charge in [-0.2, -0.15) is 0 Å². The molecule has 1 saturated heterocycles. The molecule has 2 aliphatic carbocycles. The Balaban J connectivity index is 1.38. The smallest absolute Gasteiger partial charge is 0.227 e. The minimum atomic E-state index is -0.670. The molecule has 0 bridgehead atoms. The Morgan fingerprint density at radius 1 is 1.10 bits per heavy atom. The van der Waals surface area contributed by atoms with Crippen LogP contribution in [0.5, 0.6) is 0 Å². The third kappa shape index (κ3) is 5.13. The Labute approximate surface area is 169 Å². The van der Waals surface area contributed by atoms with Crippen LogP contribution in [0.3, 0.4) is 0 Å². The molecule has 5 nitrogen and oxygen atoms in total. The monoisotopic (exact) mass is 406 g/mol. The molecule has 3 fully saturated rings. The van der Waals surface area contributed by atoms with E-state index in [1.54, 1.807) is 4.90 Å². The normalized spacial score (nSPS) is 28.9. The number of hydrogen-bond acceptors (Lipinski definition) is 3. The fourth-order valence-electron chi connectivity index (χ4n) is 4.76. The molecule has 4 atom stereocenters. The Bertz CT molecular complexity index is 763. The van der Waals surface area contributed by atoms with Crippen LogP contribution >= 0.6 is 0 Å². The van der Waals surface area contributed by atoms with Gasteiger partial charge < -0.3 is 15.0 Å². The molecule has 1 heterocycles. The lowest BCUT2D eigenvalue weighted by molar-refractivity contribution is -0.129. The van der Waals surface area contributed by atoms with Crippen molar-refractivity contribution in [3.8, 4) is 0 Å². The number of nitrogens with zero attached hydrogens (tertiary/aromatic N) is 1. The highest BCUT2D eigenvalue weighted by molar-refractivity contribution is 5.79. The van der Waals surface area contributed by atoms with Gasteiger partial charge in [-0.1, -0.05) is 0 Å². The maximum absolute atomic E-state index is 13.4. The fourth-order valence-corrected chi connectivity index (χ4v) is 4.76. The summed E-state index contributed by atoms with van der Waals surface area (Å²) in [6.45, 7) is 3.52. The van der Waals surface area contributed by atoms with Gasteiger partial charge in [0.25, 0.3) is 0 Å². The number of carbonyl (C=O) groups excluding carboxylic acids is 2. The third-order valence-corrected chi connectivity index (χ3v) is 6.38. The number of fused-ring (bicyclic) bond motifs is 1. The largest absolute Gasteiger partial charge is 0.376 e. The summed E-state index contributed by atoms with van der Waals surface area (Å²) in [6, 6.07) is 3.19. The van der Waals surface area contributed by atoms with E-state index in [9.17, 15) is 18.4 Å². The van der Waals surface area contributed by atoms with E-state index in [0.717, 1.165) is 25.5 Å². The zero-order valence-electron chi connectivity index (χ0n) is 16.7. The minimum absolute atomic E-state index is 0.00907. The van der Waals surface area contributed by atoms with Gasteiger partial charge in [0, 0.05) is 32.7 Å². The van der Waals surface area contributed by atoms with Crippen molar-refractivity contribution in [2.75, 3.05) is 19.7 Å². The molecule has 7 heteroatoms. The molecule has 0 unspecified atom stereocenters. The number of halogens is 2. The van der Waals surface area contributed by atoms with E-state index in [-0.39, 0.29) is 30.4 Å². The Morgan fingerprint density at radius 3 is 2.38 bits per heavy atom. The Kier molecular flexibility index (Phi) is 5.86. The molecule has 4 rings (SSSR count). The van der Waals surface area contributed by atoms with Gasteiger partial charge >= 0.3 is 0 Å². The number of carbonyl (C=O) groups is 2. The van der Waals surface area contributed by atoms with Gasteiger partial charge in [-0.05, 0) is 61.1 Å². The molecule has 1 aromatic rings. The van der Waals surface area contributed by atoms with Crippen molar-refractivity contribution in [2.45, 2.75) is 51.2 Å². The second kappa shape index (κ2) is 8.38. The summed E-state index contributed by atoms with van der Waals surface area (Å²) in [5.74, 6) is -0.228. The van der Waals surface area contributed by atoms with Crippen LogP contribution in [0.25, 0.3) is 0 Å². The van der Waals surface area contributed by atoms with Gasteiger partial charge in [-0.25, -0.2) is 8.78 Å². The molecule has 29 heavy (non-hydrogen) atoms. The first-order valence-electron chi connectivity index (χ1n) is 10.5. The zero-order valence-corrected chi connectivity index (χ0v) is 16.7. The minimum Gasteiger partial charge on any atom is -0.376 e. The predicted octanol–water partition coefficient (Wildman–Crippen LogP) is 2.68. The first-order valence-corrected chi connectivity index (χ1v) is 10.5. The van der Waals surface area contributed by atoms with Crippen LogP contribution in [0.15, 0.2) is 18.2 Å². The lowest BCUT2D eigenvalue weighted by atomic mass is 9.77. The topological polar surface area (TPSA) is 58.6 Å². The van der Waals surface area contributed by atoms with Crippen molar-refractivity contribution in [1.82, 2.24) is 10.2 Å². The van der Waals surface area contributed by atoms with Crippen LogP contribution < -0.4 is 5.32 Å². The Morgan fingerprint density at radius 2 is 1.76 bits per heavy atom.